The van der Waals surface area contributed by atoms with Crippen LogP contribution in [0.2, 0.25) is 0 Å². The van der Waals surface area contributed by atoms with Gasteiger partial charge in [0.2, 0.25) is 11.8 Å². The minimum absolute atomic E-state index is 0.00818. The Morgan fingerprint density at radius 3 is 2.50 bits per heavy atom. The quantitative estimate of drug-likeness (QED) is 0.743. The lowest BCUT2D eigenvalue weighted by molar-refractivity contribution is -0.144. The Labute approximate surface area is 166 Å². The fourth-order valence-electron chi connectivity index (χ4n) is 4.14. The van der Waals surface area contributed by atoms with E-state index in [0.29, 0.717) is 19.6 Å². The van der Waals surface area contributed by atoms with Gasteiger partial charge in [0.1, 0.15) is 11.6 Å². The van der Waals surface area contributed by atoms with Crippen LogP contribution in [0.1, 0.15) is 26.7 Å². The summed E-state index contributed by atoms with van der Waals surface area (Å²) in [6, 6.07) is 3.11. The van der Waals surface area contributed by atoms with Crippen molar-refractivity contribution in [3.63, 3.8) is 0 Å². The Balaban J connectivity index is 1.58. The first-order valence-electron chi connectivity index (χ1n) is 9.99. The number of piperidine rings is 1. The molecule has 0 bridgehead atoms. The Kier molecular flexibility index (Phi) is 6.31. The van der Waals surface area contributed by atoms with Crippen molar-refractivity contribution in [2.45, 2.75) is 32.7 Å². The van der Waals surface area contributed by atoms with Crippen LogP contribution in [-0.2, 0) is 9.59 Å². The molecule has 2 fully saturated rings. The Hall–Kier alpha value is -2.44. The van der Waals surface area contributed by atoms with Crippen molar-refractivity contribution in [2.75, 3.05) is 37.6 Å². The van der Waals surface area contributed by atoms with E-state index in [0.717, 1.165) is 31.7 Å². The van der Waals surface area contributed by atoms with Crippen LogP contribution in [0, 0.1) is 17.7 Å². The van der Waals surface area contributed by atoms with Gasteiger partial charge in [-0.05, 0) is 37.0 Å². The maximum Gasteiger partial charge on any atom is 0.246 e. The van der Waals surface area contributed by atoms with Crippen LogP contribution >= 0.6 is 0 Å². The number of carbonyl (C=O) groups is 2. The van der Waals surface area contributed by atoms with Crippen molar-refractivity contribution in [1.29, 1.82) is 0 Å². The molecule has 3 rings (SSSR count). The monoisotopic (exact) mass is 388 g/mol. The normalized spacial score (nSPS) is 21.1. The Bertz CT molecular complexity index is 714. The van der Waals surface area contributed by atoms with Gasteiger partial charge in [0.05, 0.1) is 12.2 Å². The molecule has 7 heteroatoms. The number of piperazine rings is 1. The van der Waals surface area contributed by atoms with Crippen molar-refractivity contribution in [2.24, 2.45) is 11.8 Å². The Morgan fingerprint density at radius 2 is 1.93 bits per heavy atom. The molecule has 2 saturated heterocycles. The number of nitrogens with zero attached hydrogens (tertiary/aromatic N) is 4. The van der Waals surface area contributed by atoms with Crippen LogP contribution in [0.15, 0.2) is 31.0 Å². The average Bonchev–Trinajstić information content (AvgIpc) is 2.73. The van der Waals surface area contributed by atoms with E-state index in [4.69, 9.17) is 0 Å². The standard InChI is InChI=1S/C21H29FN4O2/c1-4-20(27)26-12-11-25(14-18(26)15(2)3)21(28)16-7-9-24(10-8-16)19-6-5-17(22)13-23-19/h4-6,13,15-16,18H,1,7-12,14H2,2-3H3/t18-/m1/s1. The highest BCUT2D eigenvalue weighted by molar-refractivity contribution is 5.87. The summed E-state index contributed by atoms with van der Waals surface area (Å²) >= 11 is 0. The van der Waals surface area contributed by atoms with Crippen molar-refractivity contribution >= 4 is 17.6 Å². The lowest BCUT2D eigenvalue weighted by Gasteiger charge is -2.44. The molecule has 3 heterocycles. The van der Waals surface area contributed by atoms with Gasteiger partial charge in [0.25, 0.3) is 0 Å². The summed E-state index contributed by atoms with van der Waals surface area (Å²) in [5.41, 5.74) is 0. The molecule has 28 heavy (non-hydrogen) atoms. The van der Waals surface area contributed by atoms with Gasteiger partial charge in [-0.25, -0.2) is 9.37 Å². The van der Waals surface area contributed by atoms with E-state index < -0.39 is 0 Å². The molecule has 0 unspecified atom stereocenters. The van der Waals surface area contributed by atoms with Gasteiger partial charge in [-0.1, -0.05) is 20.4 Å². The van der Waals surface area contributed by atoms with Gasteiger partial charge in [-0.15, -0.1) is 0 Å². The number of rotatable bonds is 4. The van der Waals surface area contributed by atoms with Crippen LogP contribution < -0.4 is 4.90 Å². The third kappa shape index (κ3) is 4.34. The van der Waals surface area contributed by atoms with Crippen molar-refractivity contribution < 1.29 is 14.0 Å². The van der Waals surface area contributed by atoms with E-state index in [1.165, 1.54) is 18.3 Å². The number of halogens is 1. The SMILES string of the molecule is C=CC(=O)N1CCN(C(=O)C2CCN(c3ccc(F)cn3)CC2)C[C@@H]1C(C)C. The van der Waals surface area contributed by atoms with Gasteiger partial charge < -0.3 is 14.7 Å². The summed E-state index contributed by atoms with van der Waals surface area (Å²) in [5.74, 6) is 0.789. The second-order valence-corrected chi connectivity index (χ2v) is 7.93. The van der Waals surface area contributed by atoms with Gasteiger partial charge >= 0.3 is 0 Å². The van der Waals surface area contributed by atoms with E-state index in [-0.39, 0.29) is 35.5 Å². The molecule has 0 radical (unpaired) electrons. The predicted octanol–water partition coefficient (Wildman–Crippen LogP) is 2.32. The van der Waals surface area contributed by atoms with Crippen LogP contribution in [0.25, 0.3) is 0 Å². The second kappa shape index (κ2) is 8.71. The molecule has 2 aliphatic rings. The third-order valence-electron chi connectivity index (χ3n) is 5.84. The van der Waals surface area contributed by atoms with Gasteiger partial charge in [0.15, 0.2) is 0 Å². The number of carbonyl (C=O) groups excluding carboxylic acids is 2. The first kappa shape index (κ1) is 20.3. The largest absolute Gasteiger partial charge is 0.357 e. The van der Waals surface area contributed by atoms with Crippen LogP contribution in [0.5, 0.6) is 0 Å². The first-order chi connectivity index (χ1) is 13.4. The van der Waals surface area contributed by atoms with Crippen molar-refractivity contribution in [3.05, 3.63) is 36.8 Å². The zero-order valence-electron chi connectivity index (χ0n) is 16.7. The molecule has 0 aliphatic carbocycles. The molecule has 6 nitrogen and oxygen atoms in total. The summed E-state index contributed by atoms with van der Waals surface area (Å²) in [6.45, 7) is 10.9. The number of hydrogen-bond acceptors (Lipinski definition) is 4. The van der Waals surface area contributed by atoms with Crippen LogP contribution in [0.3, 0.4) is 0 Å². The van der Waals surface area contributed by atoms with Gasteiger partial charge in [-0.3, -0.25) is 9.59 Å². The van der Waals surface area contributed by atoms with E-state index in [1.807, 2.05) is 9.80 Å². The summed E-state index contributed by atoms with van der Waals surface area (Å²) in [6.07, 6.45) is 4.10. The lowest BCUT2D eigenvalue weighted by atomic mass is 9.93. The van der Waals surface area contributed by atoms with Crippen molar-refractivity contribution in [1.82, 2.24) is 14.8 Å². The zero-order valence-corrected chi connectivity index (χ0v) is 16.7. The molecule has 0 aromatic carbocycles. The minimum atomic E-state index is -0.345. The van der Waals surface area contributed by atoms with Crippen molar-refractivity contribution in [3.8, 4) is 0 Å². The smallest absolute Gasteiger partial charge is 0.246 e. The molecule has 1 aromatic rings. The van der Waals surface area contributed by atoms with E-state index in [1.54, 1.807) is 6.07 Å². The number of aromatic nitrogens is 1. The fraction of sp³-hybridized carbons (Fsp3) is 0.571. The summed E-state index contributed by atoms with van der Waals surface area (Å²) < 4.78 is 13.1. The predicted molar refractivity (Wildman–Crippen MR) is 106 cm³/mol. The molecule has 0 N–H and O–H groups in total. The maximum absolute atomic E-state index is 13.1. The molecular formula is C21H29FN4O2. The lowest BCUT2D eigenvalue weighted by Crippen LogP contribution is -2.59. The van der Waals surface area contributed by atoms with E-state index in [2.05, 4.69) is 30.3 Å². The molecule has 2 aliphatic heterocycles. The molecular weight excluding hydrogens is 359 g/mol. The average molecular weight is 388 g/mol. The molecule has 2 amide bonds. The number of hydrogen-bond donors (Lipinski definition) is 0. The molecule has 1 atom stereocenters. The molecule has 1 aromatic heterocycles. The first-order valence-corrected chi connectivity index (χ1v) is 9.99. The van der Waals surface area contributed by atoms with Crippen LogP contribution in [0.4, 0.5) is 10.2 Å². The summed E-state index contributed by atoms with van der Waals surface area (Å²) in [7, 11) is 0. The minimum Gasteiger partial charge on any atom is -0.357 e. The summed E-state index contributed by atoms with van der Waals surface area (Å²) in [4.78, 5) is 35.2. The third-order valence-corrected chi connectivity index (χ3v) is 5.84. The van der Waals surface area contributed by atoms with E-state index >= 15 is 0 Å². The number of anilines is 1. The molecule has 152 valence electrons. The Morgan fingerprint density at radius 1 is 1.21 bits per heavy atom. The highest BCUT2D eigenvalue weighted by atomic mass is 19.1. The topological polar surface area (TPSA) is 56.8 Å². The number of pyridine rings is 1. The van der Waals surface area contributed by atoms with E-state index in [9.17, 15) is 14.0 Å². The highest BCUT2D eigenvalue weighted by Crippen LogP contribution is 2.26. The summed E-state index contributed by atoms with van der Waals surface area (Å²) in [5, 5.41) is 0. The number of amides is 2. The maximum atomic E-state index is 13.1. The molecule has 0 spiro atoms. The van der Waals surface area contributed by atoms with Gasteiger partial charge in [0, 0.05) is 38.6 Å². The zero-order chi connectivity index (χ0) is 20.3. The van der Waals surface area contributed by atoms with Crippen LogP contribution in [-0.4, -0.2) is 65.4 Å². The molecule has 0 saturated carbocycles. The second-order valence-electron chi connectivity index (χ2n) is 7.93. The highest BCUT2D eigenvalue weighted by Gasteiger charge is 2.36. The van der Waals surface area contributed by atoms with Gasteiger partial charge in [-0.2, -0.15) is 0 Å². The fourth-order valence-corrected chi connectivity index (χ4v) is 4.14.